The number of nitrogens with one attached hydrogen (secondary N) is 1. The molecule has 0 saturated carbocycles. The highest BCUT2D eigenvalue weighted by Crippen LogP contribution is 2.30. The molecule has 1 aromatic rings. The summed E-state index contributed by atoms with van der Waals surface area (Å²) in [7, 11) is 0. The first kappa shape index (κ1) is 17.7. The van der Waals surface area contributed by atoms with E-state index in [1.165, 1.54) is 6.33 Å². The van der Waals surface area contributed by atoms with E-state index in [0.29, 0.717) is 0 Å². The van der Waals surface area contributed by atoms with E-state index < -0.39 is 5.60 Å². The molecular formula is C17H28N4O2. The zero-order chi connectivity index (χ0) is 16.9. The molecule has 1 N–H and O–H groups in total. The predicted molar refractivity (Wildman–Crippen MR) is 88.9 cm³/mol. The van der Waals surface area contributed by atoms with Crippen molar-refractivity contribution in [2.45, 2.75) is 52.7 Å². The number of nitrogens with zero attached hydrogens (tertiary/aromatic N) is 3. The molecule has 2 rings (SSSR count). The van der Waals surface area contributed by atoms with Crippen molar-refractivity contribution >= 4 is 6.09 Å². The first-order valence-electron chi connectivity index (χ1n) is 8.20. The number of hydrogen-bond donors (Lipinski definition) is 1. The van der Waals surface area contributed by atoms with Gasteiger partial charge >= 0.3 is 6.09 Å². The highest BCUT2D eigenvalue weighted by molar-refractivity contribution is 5.68. The summed E-state index contributed by atoms with van der Waals surface area (Å²) >= 11 is 0. The van der Waals surface area contributed by atoms with Gasteiger partial charge in [0.1, 0.15) is 11.9 Å². The quantitative estimate of drug-likeness (QED) is 0.923. The molecule has 1 saturated heterocycles. The topological polar surface area (TPSA) is 67.4 Å². The van der Waals surface area contributed by atoms with Crippen molar-refractivity contribution in [1.29, 1.82) is 0 Å². The molecule has 0 aliphatic carbocycles. The summed E-state index contributed by atoms with van der Waals surface area (Å²) in [5.74, 6) is 0. The van der Waals surface area contributed by atoms with Crippen LogP contribution in [0, 0.1) is 5.41 Å². The Morgan fingerprint density at radius 3 is 2.48 bits per heavy atom. The first-order valence-corrected chi connectivity index (χ1v) is 8.20. The van der Waals surface area contributed by atoms with Gasteiger partial charge in [-0.15, -0.1) is 0 Å². The van der Waals surface area contributed by atoms with E-state index in [1.54, 1.807) is 0 Å². The number of likely N-dealkylation sites (tertiary alicyclic amines) is 1. The van der Waals surface area contributed by atoms with Crippen LogP contribution in [0.2, 0.25) is 0 Å². The van der Waals surface area contributed by atoms with Crippen molar-refractivity contribution in [1.82, 2.24) is 20.2 Å². The predicted octanol–water partition coefficient (Wildman–Crippen LogP) is 2.60. The lowest BCUT2D eigenvalue weighted by molar-refractivity contribution is 0.0119. The van der Waals surface area contributed by atoms with Gasteiger partial charge in [-0.1, -0.05) is 6.92 Å². The molecule has 1 aliphatic heterocycles. The third kappa shape index (κ3) is 5.78. The highest BCUT2D eigenvalue weighted by Gasteiger charge is 2.33. The van der Waals surface area contributed by atoms with Crippen molar-refractivity contribution < 1.29 is 9.53 Å². The van der Waals surface area contributed by atoms with Gasteiger partial charge in [0.15, 0.2) is 0 Å². The van der Waals surface area contributed by atoms with Gasteiger partial charge in [0, 0.05) is 44.1 Å². The lowest BCUT2D eigenvalue weighted by Gasteiger charge is -2.39. The Morgan fingerprint density at radius 2 is 1.91 bits per heavy atom. The molecule has 0 unspecified atom stereocenters. The minimum Gasteiger partial charge on any atom is -0.444 e. The molecule has 6 nitrogen and oxygen atoms in total. The van der Waals surface area contributed by atoms with Crippen molar-refractivity contribution in [2.75, 3.05) is 19.6 Å². The third-order valence-electron chi connectivity index (χ3n) is 4.12. The van der Waals surface area contributed by atoms with E-state index in [-0.39, 0.29) is 11.5 Å². The Balaban J connectivity index is 1.75. The van der Waals surface area contributed by atoms with Gasteiger partial charge in [0.05, 0.1) is 0 Å². The highest BCUT2D eigenvalue weighted by atomic mass is 16.6. The van der Waals surface area contributed by atoms with Crippen molar-refractivity contribution in [3.63, 3.8) is 0 Å². The maximum atomic E-state index is 12.1. The van der Waals surface area contributed by atoms with Crippen LogP contribution in [0.3, 0.4) is 0 Å². The lowest BCUT2D eigenvalue weighted by Crippen LogP contribution is -2.47. The van der Waals surface area contributed by atoms with Crippen LogP contribution in [0.4, 0.5) is 4.79 Å². The number of aromatic nitrogens is 2. The van der Waals surface area contributed by atoms with E-state index in [4.69, 9.17) is 4.74 Å². The number of rotatable bonds is 4. The van der Waals surface area contributed by atoms with E-state index >= 15 is 0 Å². The smallest absolute Gasteiger partial charge is 0.410 e. The fraction of sp³-hybridized carbons (Fsp3) is 0.706. The van der Waals surface area contributed by atoms with Gasteiger partial charge in [-0.2, -0.15) is 0 Å². The van der Waals surface area contributed by atoms with Gasteiger partial charge in [0.25, 0.3) is 0 Å². The molecule has 128 valence electrons. The average Bonchev–Trinajstić information content (AvgIpc) is 2.47. The molecule has 0 radical (unpaired) electrons. The molecule has 0 spiro atoms. The van der Waals surface area contributed by atoms with Crippen LogP contribution in [0.25, 0.3) is 0 Å². The van der Waals surface area contributed by atoms with Crippen LogP contribution in [-0.4, -0.2) is 46.2 Å². The van der Waals surface area contributed by atoms with E-state index in [0.717, 1.165) is 44.6 Å². The zero-order valence-electron chi connectivity index (χ0n) is 14.6. The van der Waals surface area contributed by atoms with Gasteiger partial charge in [-0.05, 0) is 39.0 Å². The number of carbonyl (C=O) groups excluding carboxylic acids is 1. The number of ether oxygens (including phenoxy) is 1. The minimum atomic E-state index is -0.433. The van der Waals surface area contributed by atoms with E-state index in [9.17, 15) is 4.79 Å². The Morgan fingerprint density at radius 1 is 1.30 bits per heavy atom. The monoisotopic (exact) mass is 320 g/mol. The third-order valence-corrected chi connectivity index (χ3v) is 4.12. The lowest BCUT2D eigenvalue weighted by atomic mass is 9.80. The van der Waals surface area contributed by atoms with Crippen LogP contribution in [-0.2, 0) is 11.3 Å². The summed E-state index contributed by atoms with van der Waals surface area (Å²) in [6.07, 6.45) is 6.95. The Hall–Kier alpha value is -1.69. The summed E-state index contributed by atoms with van der Waals surface area (Å²) in [5, 5.41) is 3.48. The fourth-order valence-corrected chi connectivity index (χ4v) is 2.66. The van der Waals surface area contributed by atoms with Crippen LogP contribution < -0.4 is 5.32 Å². The molecule has 1 aromatic heterocycles. The molecule has 0 atom stereocenters. The molecule has 6 heteroatoms. The second kappa shape index (κ2) is 7.25. The standard InChI is InChI=1S/C17H28N4O2/c1-16(2,3)23-15(22)21-7-5-17(4,6-8-21)12-18-9-14-10-19-13-20-11-14/h10-11,13,18H,5-9,12H2,1-4H3. The van der Waals surface area contributed by atoms with Crippen molar-refractivity contribution in [3.8, 4) is 0 Å². The number of carbonyl (C=O) groups is 1. The van der Waals surface area contributed by atoms with Crippen LogP contribution in [0.5, 0.6) is 0 Å². The maximum absolute atomic E-state index is 12.1. The van der Waals surface area contributed by atoms with Crippen molar-refractivity contribution in [2.24, 2.45) is 5.41 Å². The van der Waals surface area contributed by atoms with E-state index in [1.807, 2.05) is 38.1 Å². The fourth-order valence-electron chi connectivity index (χ4n) is 2.66. The molecule has 1 amide bonds. The largest absolute Gasteiger partial charge is 0.444 e. The molecule has 0 aromatic carbocycles. The normalized spacial score (nSPS) is 17.8. The summed E-state index contributed by atoms with van der Waals surface area (Å²) in [4.78, 5) is 21.9. The Bertz CT molecular complexity index is 505. The summed E-state index contributed by atoms with van der Waals surface area (Å²) in [6, 6.07) is 0. The number of piperidine rings is 1. The SMILES string of the molecule is CC1(CNCc2cncnc2)CCN(C(=O)OC(C)(C)C)CC1. The molecule has 0 bridgehead atoms. The van der Waals surface area contributed by atoms with Gasteiger partial charge in [-0.3, -0.25) is 0 Å². The average molecular weight is 320 g/mol. The zero-order valence-corrected chi connectivity index (χ0v) is 14.6. The summed E-state index contributed by atoms with van der Waals surface area (Å²) < 4.78 is 5.44. The van der Waals surface area contributed by atoms with Gasteiger partial charge in [-0.25, -0.2) is 14.8 Å². The van der Waals surface area contributed by atoms with Gasteiger partial charge < -0.3 is 15.0 Å². The Labute approximate surface area is 138 Å². The Kier molecular flexibility index (Phi) is 5.57. The van der Waals surface area contributed by atoms with Gasteiger partial charge in [0.2, 0.25) is 0 Å². The molecule has 23 heavy (non-hydrogen) atoms. The molecular weight excluding hydrogens is 292 g/mol. The van der Waals surface area contributed by atoms with Crippen LogP contribution in [0.15, 0.2) is 18.7 Å². The van der Waals surface area contributed by atoms with E-state index in [2.05, 4.69) is 22.2 Å². The van der Waals surface area contributed by atoms with Crippen molar-refractivity contribution in [3.05, 3.63) is 24.3 Å². The second-order valence-corrected chi connectivity index (χ2v) is 7.63. The van der Waals surface area contributed by atoms with Crippen LogP contribution in [0.1, 0.15) is 46.1 Å². The number of amides is 1. The molecule has 1 fully saturated rings. The maximum Gasteiger partial charge on any atom is 0.410 e. The van der Waals surface area contributed by atoms with Crippen LogP contribution >= 0.6 is 0 Å². The summed E-state index contributed by atoms with van der Waals surface area (Å²) in [6.45, 7) is 11.2. The first-order chi connectivity index (χ1) is 10.8. The minimum absolute atomic E-state index is 0.200. The molecule has 1 aliphatic rings. The summed E-state index contributed by atoms with van der Waals surface area (Å²) in [5.41, 5.74) is 0.855. The number of hydrogen-bond acceptors (Lipinski definition) is 5. The second-order valence-electron chi connectivity index (χ2n) is 7.63. The molecule has 2 heterocycles.